The van der Waals surface area contributed by atoms with E-state index in [9.17, 15) is 4.39 Å². The van der Waals surface area contributed by atoms with Gasteiger partial charge in [0.25, 0.3) is 0 Å². The maximum Gasteiger partial charge on any atom is 0.181 e. The first kappa shape index (κ1) is 26.5. The average molecular weight is 551 g/mol. The zero-order valence-electron chi connectivity index (χ0n) is 23.4. The largest absolute Gasteiger partial charge is 0.384 e. The summed E-state index contributed by atoms with van der Waals surface area (Å²) in [5.74, 6) is 0.252. The van der Waals surface area contributed by atoms with Crippen LogP contribution in [0.2, 0.25) is 0 Å². The first-order valence-corrected chi connectivity index (χ1v) is 13.3. The van der Waals surface area contributed by atoms with Crippen molar-refractivity contribution >= 4 is 27.8 Å². The van der Waals surface area contributed by atoms with Gasteiger partial charge in [0.15, 0.2) is 11.5 Å². The van der Waals surface area contributed by atoms with Crippen LogP contribution in [0.4, 0.5) is 10.1 Å². The van der Waals surface area contributed by atoms with Gasteiger partial charge in [-0.2, -0.15) is 5.10 Å². The molecule has 208 valence electrons. The molecule has 0 bridgehead atoms. The van der Waals surface area contributed by atoms with E-state index in [1.54, 1.807) is 12.4 Å². The Kier molecular flexibility index (Phi) is 7.12. The zero-order valence-corrected chi connectivity index (χ0v) is 23.4. The Balaban J connectivity index is 1.37. The number of hydrogen-bond acceptors (Lipinski definition) is 8. The molecule has 0 saturated carbocycles. The van der Waals surface area contributed by atoms with Crippen LogP contribution in [0, 0.1) is 5.82 Å². The molecule has 11 heteroatoms. The molecule has 0 unspecified atom stereocenters. The summed E-state index contributed by atoms with van der Waals surface area (Å²) in [6.45, 7) is 2.32. The molecule has 1 aromatic carbocycles. The van der Waals surface area contributed by atoms with Crippen molar-refractivity contribution in [3.8, 4) is 33.9 Å². The Bertz CT molecular complexity index is 1840. The van der Waals surface area contributed by atoms with Crippen molar-refractivity contribution in [3.63, 3.8) is 0 Å². The molecule has 0 aliphatic carbocycles. The van der Waals surface area contributed by atoms with Gasteiger partial charge in [-0.25, -0.2) is 14.4 Å². The lowest BCUT2D eigenvalue weighted by Crippen LogP contribution is -2.20. The number of hydrogen-bond donors (Lipinski definition) is 3. The number of benzene rings is 1. The highest BCUT2D eigenvalue weighted by molar-refractivity contribution is 5.96. The fourth-order valence-electron chi connectivity index (χ4n) is 4.85. The normalized spacial score (nSPS) is 11.8. The summed E-state index contributed by atoms with van der Waals surface area (Å²) in [5.41, 5.74) is 7.66. The number of imidazole rings is 1. The van der Waals surface area contributed by atoms with Gasteiger partial charge < -0.3 is 20.1 Å². The number of H-pyrrole nitrogens is 2. The van der Waals surface area contributed by atoms with Gasteiger partial charge >= 0.3 is 0 Å². The van der Waals surface area contributed by atoms with E-state index in [0.717, 1.165) is 40.7 Å². The third kappa shape index (κ3) is 5.63. The van der Waals surface area contributed by atoms with E-state index in [2.05, 4.69) is 51.3 Å². The van der Waals surface area contributed by atoms with Crippen molar-refractivity contribution in [2.75, 3.05) is 46.6 Å². The molecular weight excluding hydrogens is 519 g/mol. The van der Waals surface area contributed by atoms with Crippen molar-refractivity contribution in [1.29, 1.82) is 0 Å². The minimum absolute atomic E-state index is 0.341. The van der Waals surface area contributed by atoms with Crippen molar-refractivity contribution in [2.45, 2.75) is 6.54 Å². The second-order valence-corrected chi connectivity index (χ2v) is 10.6. The molecule has 3 N–H and O–H groups in total. The first-order valence-electron chi connectivity index (χ1n) is 13.3. The van der Waals surface area contributed by atoms with E-state index in [1.807, 2.05) is 58.8 Å². The number of likely N-dealkylation sites (N-methyl/N-ethyl adjacent to an activating group) is 1. The second kappa shape index (κ2) is 11.0. The SMILES string of the molecule is CN(C)CCNc1cc(F)cc(-c2nccc3[nH]c(-c4[nH]nc5ncc(-c6cncc(CN(C)C)c6)cc45)nc23)c1. The van der Waals surface area contributed by atoms with E-state index in [4.69, 9.17) is 4.98 Å². The number of nitrogens with zero attached hydrogens (tertiary/aromatic N) is 7. The fourth-order valence-corrected chi connectivity index (χ4v) is 4.85. The minimum atomic E-state index is -0.341. The Labute approximate surface area is 236 Å². The summed E-state index contributed by atoms with van der Waals surface area (Å²) < 4.78 is 14.6. The summed E-state index contributed by atoms with van der Waals surface area (Å²) in [6, 6.07) is 10.9. The maximum absolute atomic E-state index is 14.6. The standard InChI is InChI=1S/C30H31FN10/c1-40(2)8-7-33-23-11-19(10-22(31)13-23)26-28-25(5-6-34-26)36-30(37-28)27-24-12-21(16-35-29(24)39-38-27)20-9-18(14-32-15-20)17-41(3)4/h5-6,9-16,33H,7-8,17H2,1-4H3,(H,36,37)(H,35,38,39). The highest BCUT2D eigenvalue weighted by Gasteiger charge is 2.17. The summed E-state index contributed by atoms with van der Waals surface area (Å²) in [6.07, 6.45) is 7.21. The third-order valence-corrected chi connectivity index (χ3v) is 6.73. The molecule has 0 atom stereocenters. The highest BCUT2D eigenvalue weighted by atomic mass is 19.1. The minimum Gasteiger partial charge on any atom is -0.384 e. The van der Waals surface area contributed by atoms with Crippen LogP contribution >= 0.6 is 0 Å². The molecule has 0 fully saturated rings. The van der Waals surface area contributed by atoms with Crippen molar-refractivity contribution < 1.29 is 4.39 Å². The molecule has 0 saturated heterocycles. The first-order chi connectivity index (χ1) is 19.8. The van der Waals surface area contributed by atoms with E-state index in [0.29, 0.717) is 46.2 Å². The second-order valence-electron chi connectivity index (χ2n) is 10.6. The van der Waals surface area contributed by atoms with E-state index in [-0.39, 0.29) is 5.82 Å². The summed E-state index contributed by atoms with van der Waals surface area (Å²) in [5, 5.41) is 11.6. The van der Waals surface area contributed by atoms with Gasteiger partial charge in [-0.1, -0.05) is 0 Å². The van der Waals surface area contributed by atoms with Crippen molar-refractivity contribution in [1.82, 2.24) is 44.9 Å². The smallest absolute Gasteiger partial charge is 0.181 e. The molecule has 0 amide bonds. The lowest BCUT2D eigenvalue weighted by molar-refractivity contribution is 0.402. The molecule has 6 rings (SSSR count). The fraction of sp³-hybridized carbons (Fsp3) is 0.233. The molecule has 41 heavy (non-hydrogen) atoms. The number of pyridine rings is 3. The molecular formula is C30H31FN10. The van der Waals surface area contributed by atoms with E-state index < -0.39 is 0 Å². The number of anilines is 1. The molecule has 5 aromatic heterocycles. The quantitative estimate of drug-likeness (QED) is 0.235. The number of rotatable bonds is 9. The monoisotopic (exact) mass is 550 g/mol. The van der Waals surface area contributed by atoms with Crippen molar-refractivity contribution in [3.05, 3.63) is 72.6 Å². The topological polar surface area (TPSA) is 115 Å². The predicted octanol–water partition coefficient (Wildman–Crippen LogP) is 4.80. The molecule has 10 nitrogen and oxygen atoms in total. The average Bonchev–Trinajstić information content (AvgIpc) is 3.56. The molecule has 0 radical (unpaired) electrons. The zero-order chi connectivity index (χ0) is 28.5. The summed E-state index contributed by atoms with van der Waals surface area (Å²) >= 11 is 0. The van der Waals surface area contributed by atoms with Gasteiger partial charge in [-0.05, 0) is 70.2 Å². The Morgan fingerprint density at radius 2 is 1.76 bits per heavy atom. The number of aromatic amines is 2. The van der Waals surface area contributed by atoms with Gasteiger partial charge in [0.05, 0.1) is 16.6 Å². The van der Waals surface area contributed by atoms with Crippen LogP contribution in [0.1, 0.15) is 5.56 Å². The summed E-state index contributed by atoms with van der Waals surface area (Å²) in [4.78, 5) is 26.0. The third-order valence-electron chi connectivity index (χ3n) is 6.73. The van der Waals surface area contributed by atoms with Gasteiger partial charge in [0, 0.05) is 66.8 Å². The van der Waals surface area contributed by atoms with Gasteiger partial charge in [0.1, 0.15) is 17.0 Å². The predicted molar refractivity (Wildman–Crippen MR) is 160 cm³/mol. The van der Waals surface area contributed by atoms with Crippen molar-refractivity contribution in [2.24, 2.45) is 0 Å². The number of nitrogens with one attached hydrogen (secondary N) is 3. The molecule has 6 aromatic rings. The van der Waals surface area contributed by atoms with Crippen LogP contribution in [0.3, 0.4) is 0 Å². The van der Waals surface area contributed by atoms with Gasteiger partial charge in [-0.3, -0.25) is 15.1 Å². The van der Waals surface area contributed by atoms with Crippen LogP contribution in [0.25, 0.3) is 56.0 Å². The van der Waals surface area contributed by atoms with Crippen LogP contribution in [-0.4, -0.2) is 86.2 Å². The van der Waals surface area contributed by atoms with Crippen LogP contribution in [-0.2, 0) is 6.54 Å². The number of aromatic nitrogens is 7. The van der Waals surface area contributed by atoms with Gasteiger partial charge in [-0.15, -0.1) is 0 Å². The van der Waals surface area contributed by atoms with Crippen LogP contribution in [0.15, 0.2) is 61.2 Å². The Morgan fingerprint density at radius 3 is 2.59 bits per heavy atom. The molecule has 5 heterocycles. The molecule has 0 aliphatic heterocycles. The highest BCUT2D eigenvalue weighted by Crippen LogP contribution is 2.32. The Morgan fingerprint density at radius 1 is 0.902 bits per heavy atom. The molecule has 0 aliphatic rings. The number of halogens is 1. The van der Waals surface area contributed by atoms with Gasteiger partial charge in [0.2, 0.25) is 0 Å². The molecule has 0 spiro atoms. The summed E-state index contributed by atoms with van der Waals surface area (Å²) in [7, 11) is 8.06. The van der Waals surface area contributed by atoms with Crippen LogP contribution < -0.4 is 5.32 Å². The van der Waals surface area contributed by atoms with Crippen LogP contribution in [0.5, 0.6) is 0 Å². The Hall–Kier alpha value is -4.74. The number of fused-ring (bicyclic) bond motifs is 2. The lowest BCUT2D eigenvalue weighted by atomic mass is 10.1. The van der Waals surface area contributed by atoms with E-state index >= 15 is 0 Å². The lowest BCUT2D eigenvalue weighted by Gasteiger charge is -2.12. The maximum atomic E-state index is 14.6. The van der Waals surface area contributed by atoms with E-state index in [1.165, 1.54) is 12.1 Å².